The molecule has 0 amide bonds. The number of likely N-dealkylation sites (tertiary alicyclic amines) is 1. The minimum Gasteiger partial charge on any atom is -0.497 e. The molecule has 1 aliphatic rings. The quantitative estimate of drug-likeness (QED) is 0.626. The van der Waals surface area contributed by atoms with Gasteiger partial charge in [0.15, 0.2) is 0 Å². The highest BCUT2D eigenvalue weighted by atomic mass is 19.3. The Morgan fingerprint density at radius 1 is 1.29 bits per heavy atom. The Bertz CT molecular complexity index is 956. The molecule has 1 saturated heterocycles. The van der Waals surface area contributed by atoms with Crippen LogP contribution in [-0.2, 0) is 6.54 Å². The molecular weight excluding hydrogens is 364 g/mol. The van der Waals surface area contributed by atoms with Crippen LogP contribution < -0.4 is 4.74 Å². The molecule has 2 aromatic heterocycles. The van der Waals surface area contributed by atoms with Crippen LogP contribution in [0.5, 0.6) is 5.75 Å². The molecule has 0 bridgehead atoms. The molecule has 1 atom stereocenters. The Hall–Kier alpha value is -2.54. The molecule has 1 fully saturated rings. The number of aromatic nitrogens is 2. The summed E-state index contributed by atoms with van der Waals surface area (Å²) in [7, 11) is 1.65. The SMILES string of the molecule is COc1ccc(CN2CCCC(c3cc(C(F)F)c4c(C)noc4n3)C2)cc1. The zero-order valence-electron chi connectivity index (χ0n) is 16.0. The van der Waals surface area contributed by atoms with Crippen molar-refractivity contribution in [2.45, 2.75) is 38.7 Å². The van der Waals surface area contributed by atoms with E-state index in [9.17, 15) is 8.78 Å². The molecule has 7 heteroatoms. The molecule has 3 aromatic rings. The Labute approximate surface area is 162 Å². The van der Waals surface area contributed by atoms with Crippen LogP contribution in [0.2, 0.25) is 0 Å². The van der Waals surface area contributed by atoms with Gasteiger partial charge in [-0.05, 0) is 50.1 Å². The number of ether oxygens (including phenoxy) is 1. The second-order valence-corrected chi connectivity index (χ2v) is 7.31. The number of methoxy groups -OCH3 is 1. The van der Waals surface area contributed by atoms with Gasteiger partial charge in [-0.1, -0.05) is 17.3 Å². The third-order valence-corrected chi connectivity index (χ3v) is 5.39. The van der Waals surface area contributed by atoms with E-state index in [1.54, 1.807) is 20.1 Å². The van der Waals surface area contributed by atoms with E-state index in [1.807, 2.05) is 12.1 Å². The van der Waals surface area contributed by atoms with Crippen LogP contribution in [-0.4, -0.2) is 35.2 Å². The minimum atomic E-state index is -2.58. The van der Waals surface area contributed by atoms with Gasteiger partial charge in [0, 0.05) is 30.3 Å². The molecule has 0 saturated carbocycles. The van der Waals surface area contributed by atoms with E-state index in [4.69, 9.17) is 9.26 Å². The molecule has 1 aliphatic heterocycles. The molecule has 0 aliphatic carbocycles. The number of benzene rings is 1. The maximum Gasteiger partial charge on any atom is 0.264 e. The van der Waals surface area contributed by atoms with Crippen molar-refractivity contribution in [2.24, 2.45) is 0 Å². The molecule has 1 unspecified atom stereocenters. The monoisotopic (exact) mass is 387 g/mol. The Morgan fingerprint density at radius 2 is 2.07 bits per heavy atom. The molecule has 4 rings (SSSR count). The van der Waals surface area contributed by atoms with Crippen LogP contribution in [0.15, 0.2) is 34.9 Å². The lowest BCUT2D eigenvalue weighted by molar-refractivity contribution is 0.152. The summed E-state index contributed by atoms with van der Waals surface area (Å²) < 4.78 is 37.6. The van der Waals surface area contributed by atoms with E-state index >= 15 is 0 Å². The van der Waals surface area contributed by atoms with E-state index in [-0.39, 0.29) is 17.2 Å². The van der Waals surface area contributed by atoms with E-state index in [0.29, 0.717) is 16.8 Å². The molecule has 1 aromatic carbocycles. The molecular formula is C21H23F2N3O2. The number of piperidine rings is 1. The van der Waals surface area contributed by atoms with Gasteiger partial charge in [0.25, 0.3) is 12.1 Å². The third-order valence-electron chi connectivity index (χ3n) is 5.39. The second-order valence-electron chi connectivity index (χ2n) is 7.31. The average Bonchev–Trinajstić information content (AvgIpc) is 3.09. The fraction of sp³-hybridized carbons (Fsp3) is 0.429. The second kappa shape index (κ2) is 7.83. The van der Waals surface area contributed by atoms with Crippen molar-refractivity contribution in [3.05, 3.63) is 52.8 Å². The van der Waals surface area contributed by atoms with E-state index in [2.05, 4.69) is 27.2 Å². The highest BCUT2D eigenvalue weighted by Crippen LogP contribution is 2.34. The number of hydrogen-bond donors (Lipinski definition) is 0. The van der Waals surface area contributed by atoms with Gasteiger partial charge in [-0.15, -0.1) is 0 Å². The first kappa shape index (κ1) is 18.8. The lowest BCUT2D eigenvalue weighted by atomic mass is 9.92. The third kappa shape index (κ3) is 3.71. The summed E-state index contributed by atoms with van der Waals surface area (Å²) in [4.78, 5) is 6.86. The van der Waals surface area contributed by atoms with E-state index in [1.165, 1.54) is 5.56 Å². The topological polar surface area (TPSA) is 51.4 Å². The molecule has 3 heterocycles. The number of pyridine rings is 1. The van der Waals surface area contributed by atoms with Gasteiger partial charge in [0.1, 0.15) is 5.75 Å². The van der Waals surface area contributed by atoms with E-state index in [0.717, 1.165) is 38.2 Å². The predicted molar refractivity (Wildman–Crippen MR) is 102 cm³/mol. The summed E-state index contributed by atoms with van der Waals surface area (Å²) in [5, 5.41) is 4.16. The zero-order chi connectivity index (χ0) is 19.7. The van der Waals surface area contributed by atoms with Crippen molar-refractivity contribution in [3.8, 4) is 5.75 Å². The van der Waals surface area contributed by atoms with Gasteiger partial charge in [0.2, 0.25) is 0 Å². The van der Waals surface area contributed by atoms with Crippen LogP contribution in [0.3, 0.4) is 0 Å². The van der Waals surface area contributed by atoms with Gasteiger partial charge in [-0.2, -0.15) is 0 Å². The number of aryl methyl sites for hydroxylation is 1. The maximum atomic E-state index is 13.6. The maximum absolute atomic E-state index is 13.6. The summed E-state index contributed by atoms with van der Waals surface area (Å²) in [5.41, 5.74) is 2.49. The number of alkyl halides is 2. The molecule has 148 valence electrons. The summed E-state index contributed by atoms with van der Waals surface area (Å²) in [6, 6.07) is 9.55. The van der Waals surface area contributed by atoms with Crippen molar-refractivity contribution < 1.29 is 18.0 Å². The Balaban J connectivity index is 1.55. The fourth-order valence-corrected chi connectivity index (χ4v) is 3.96. The fourth-order valence-electron chi connectivity index (χ4n) is 3.96. The Kier molecular flexibility index (Phi) is 5.26. The number of nitrogens with zero attached hydrogens (tertiary/aromatic N) is 3. The first-order valence-corrected chi connectivity index (χ1v) is 9.45. The number of fused-ring (bicyclic) bond motifs is 1. The van der Waals surface area contributed by atoms with Gasteiger partial charge in [-0.3, -0.25) is 4.90 Å². The van der Waals surface area contributed by atoms with Crippen molar-refractivity contribution in [2.75, 3.05) is 20.2 Å². The van der Waals surface area contributed by atoms with Gasteiger partial charge >= 0.3 is 0 Å². The molecule has 28 heavy (non-hydrogen) atoms. The molecule has 0 radical (unpaired) electrons. The van der Waals surface area contributed by atoms with Crippen molar-refractivity contribution in [1.82, 2.24) is 15.0 Å². The highest BCUT2D eigenvalue weighted by Gasteiger charge is 2.26. The van der Waals surface area contributed by atoms with Crippen LogP contribution in [0.4, 0.5) is 8.78 Å². The zero-order valence-corrected chi connectivity index (χ0v) is 16.0. The molecule has 0 spiro atoms. The summed E-state index contributed by atoms with van der Waals surface area (Å²) in [6.45, 7) is 4.23. The lowest BCUT2D eigenvalue weighted by Gasteiger charge is -2.32. The van der Waals surface area contributed by atoms with Crippen molar-refractivity contribution >= 4 is 11.1 Å². The van der Waals surface area contributed by atoms with Gasteiger partial charge in [0.05, 0.1) is 18.2 Å². The lowest BCUT2D eigenvalue weighted by Crippen LogP contribution is -2.34. The summed E-state index contributed by atoms with van der Waals surface area (Å²) >= 11 is 0. The summed E-state index contributed by atoms with van der Waals surface area (Å²) in [5.74, 6) is 0.930. The van der Waals surface area contributed by atoms with Crippen LogP contribution in [0.1, 0.15) is 47.7 Å². The number of rotatable bonds is 5. The average molecular weight is 387 g/mol. The minimum absolute atomic E-state index is 0.0361. The Morgan fingerprint density at radius 3 is 2.79 bits per heavy atom. The smallest absolute Gasteiger partial charge is 0.264 e. The molecule has 5 nitrogen and oxygen atoms in total. The first-order valence-electron chi connectivity index (χ1n) is 9.45. The van der Waals surface area contributed by atoms with Gasteiger partial charge < -0.3 is 9.26 Å². The van der Waals surface area contributed by atoms with Crippen molar-refractivity contribution in [3.63, 3.8) is 0 Å². The van der Waals surface area contributed by atoms with Crippen molar-refractivity contribution in [1.29, 1.82) is 0 Å². The standard InChI is InChI=1S/C21H23F2N3O2/c1-13-19-17(20(22)23)10-18(24-21(19)28-25-13)15-4-3-9-26(12-15)11-14-5-7-16(27-2)8-6-14/h5-8,10,15,20H,3-4,9,11-12H2,1-2H3. The largest absolute Gasteiger partial charge is 0.497 e. The van der Waals surface area contributed by atoms with Crippen LogP contribution in [0.25, 0.3) is 11.1 Å². The predicted octanol–water partition coefficient (Wildman–Crippen LogP) is 4.86. The van der Waals surface area contributed by atoms with E-state index < -0.39 is 6.43 Å². The van der Waals surface area contributed by atoms with Gasteiger partial charge in [-0.25, -0.2) is 13.8 Å². The molecule has 0 N–H and O–H groups in total. The van der Waals surface area contributed by atoms with Crippen LogP contribution in [0, 0.1) is 6.92 Å². The first-order chi connectivity index (χ1) is 13.5. The van der Waals surface area contributed by atoms with Crippen LogP contribution >= 0.6 is 0 Å². The number of hydrogen-bond acceptors (Lipinski definition) is 5. The highest BCUT2D eigenvalue weighted by molar-refractivity contribution is 5.80. The summed E-state index contributed by atoms with van der Waals surface area (Å²) in [6.07, 6.45) is -0.658. The number of halogens is 2. The normalized spacial score (nSPS) is 18.1.